The Labute approximate surface area is 145 Å². The van der Waals surface area contributed by atoms with Crippen LogP contribution >= 0.6 is 0 Å². The van der Waals surface area contributed by atoms with Gasteiger partial charge >= 0.3 is 0 Å². The van der Waals surface area contributed by atoms with E-state index in [0.717, 1.165) is 44.9 Å². The monoisotopic (exact) mass is 329 g/mol. The van der Waals surface area contributed by atoms with Gasteiger partial charge in [0, 0.05) is 12.0 Å². The number of aryl methyl sites for hydroxylation is 1. The molecule has 0 saturated heterocycles. The number of aliphatic hydroxyl groups is 1. The van der Waals surface area contributed by atoms with Crippen LogP contribution in [0.4, 0.5) is 0 Å². The van der Waals surface area contributed by atoms with E-state index < -0.39 is 0 Å². The first-order valence-electron chi connectivity index (χ1n) is 9.73. The summed E-state index contributed by atoms with van der Waals surface area (Å²) in [7, 11) is 0. The van der Waals surface area contributed by atoms with Crippen molar-refractivity contribution in [2.75, 3.05) is 0 Å². The number of carbonyl (C=O) groups is 1. The number of aliphatic hydroxyl groups excluding tert-OH is 1. The number of amides is 1. The number of hydrogen-bond acceptors (Lipinski definition) is 2. The molecule has 0 aliphatic heterocycles. The summed E-state index contributed by atoms with van der Waals surface area (Å²) in [4.78, 5) is 12.6. The van der Waals surface area contributed by atoms with Crippen molar-refractivity contribution < 1.29 is 9.90 Å². The van der Waals surface area contributed by atoms with Gasteiger partial charge in [-0.15, -0.1) is 0 Å². The van der Waals surface area contributed by atoms with E-state index in [1.807, 2.05) is 0 Å². The molecule has 3 nitrogen and oxygen atoms in total. The number of rotatable bonds is 5. The molecule has 3 heteroatoms. The molecule has 2 aliphatic carbocycles. The molecule has 1 amide bonds. The molecule has 0 spiro atoms. The van der Waals surface area contributed by atoms with Crippen molar-refractivity contribution in [3.63, 3.8) is 0 Å². The maximum absolute atomic E-state index is 12.6. The molecule has 2 fully saturated rings. The second kappa shape index (κ2) is 8.66. The van der Waals surface area contributed by atoms with Crippen molar-refractivity contribution in [3.05, 3.63) is 35.9 Å². The van der Waals surface area contributed by atoms with Crippen molar-refractivity contribution >= 4 is 5.91 Å². The van der Waals surface area contributed by atoms with E-state index in [-0.39, 0.29) is 24.0 Å². The Morgan fingerprint density at radius 3 is 2.54 bits per heavy atom. The molecule has 1 aromatic rings. The Morgan fingerprint density at radius 1 is 1.04 bits per heavy atom. The second-order valence-electron chi connectivity index (χ2n) is 7.77. The first kappa shape index (κ1) is 17.5. The lowest BCUT2D eigenvalue weighted by molar-refractivity contribution is -0.127. The highest BCUT2D eigenvalue weighted by Gasteiger charge is 2.29. The van der Waals surface area contributed by atoms with Crippen LogP contribution in [0.15, 0.2) is 30.3 Å². The highest BCUT2D eigenvalue weighted by Crippen LogP contribution is 2.32. The zero-order chi connectivity index (χ0) is 16.8. The molecule has 2 aliphatic rings. The molecule has 0 radical (unpaired) electrons. The maximum atomic E-state index is 12.6. The summed E-state index contributed by atoms with van der Waals surface area (Å²) in [5.41, 5.74) is 1.41. The minimum atomic E-state index is -0.157. The zero-order valence-corrected chi connectivity index (χ0v) is 14.6. The van der Waals surface area contributed by atoms with Crippen LogP contribution < -0.4 is 5.32 Å². The largest absolute Gasteiger partial charge is 0.393 e. The molecular weight excluding hydrogens is 298 g/mol. The molecule has 24 heavy (non-hydrogen) atoms. The van der Waals surface area contributed by atoms with Crippen LogP contribution in [-0.2, 0) is 11.2 Å². The summed E-state index contributed by atoms with van der Waals surface area (Å²) < 4.78 is 0. The lowest BCUT2D eigenvalue weighted by Gasteiger charge is -2.31. The van der Waals surface area contributed by atoms with Gasteiger partial charge in [-0.1, -0.05) is 43.2 Å². The van der Waals surface area contributed by atoms with E-state index in [4.69, 9.17) is 0 Å². The van der Waals surface area contributed by atoms with Crippen LogP contribution in [-0.4, -0.2) is 23.2 Å². The van der Waals surface area contributed by atoms with E-state index in [0.29, 0.717) is 5.92 Å². The third kappa shape index (κ3) is 5.07. The van der Waals surface area contributed by atoms with Crippen LogP contribution in [0.1, 0.15) is 63.4 Å². The Hall–Kier alpha value is -1.35. The molecular formula is C21H31NO2. The normalized spacial score (nSPS) is 30.7. The lowest BCUT2D eigenvalue weighted by atomic mass is 9.78. The first-order chi connectivity index (χ1) is 11.7. The Bertz CT molecular complexity index is 508. The molecule has 2 atom stereocenters. The van der Waals surface area contributed by atoms with Gasteiger partial charge in [-0.05, 0) is 62.8 Å². The maximum Gasteiger partial charge on any atom is 0.223 e. The molecule has 0 heterocycles. The van der Waals surface area contributed by atoms with Crippen molar-refractivity contribution in [2.45, 2.75) is 76.4 Å². The summed E-state index contributed by atoms with van der Waals surface area (Å²) in [5.74, 6) is 1.15. The van der Waals surface area contributed by atoms with Gasteiger partial charge in [0.25, 0.3) is 0 Å². The van der Waals surface area contributed by atoms with Gasteiger partial charge in [0.1, 0.15) is 0 Å². The van der Waals surface area contributed by atoms with Gasteiger partial charge in [-0.3, -0.25) is 4.79 Å². The highest BCUT2D eigenvalue weighted by atomic mass is 16.3. The van der Waals surface area contributed by atoms with Crippen molar-refractivity contribution in [1.29, 1.82) is 0 Å². The topological polar surface area (TPSA) is 49.3 Å². The van der Waals surface area contributed by atoms with Crippen molar-refractivity contribution in [2.24, 2.45) is 11.8 Å². The average molecular weight is 329 g/mol. The number of nitrogens with one attached hydrogen (secondary N) is 1. The Morgan fingerprint density at radius 2 is 1.79 bits per heavy atom. The third-order valence-corrected chi connectivity index (χ3v) is 5.88. The zero-order valence-electron chi connectivity index (χ0n) is 14.6. The lowest BCUT2D eigenvalue weighted by Crippen LogP contribution is -2.42. The fourth-order valence-corrected chi connectivity index (χ4v) is 4.35. The van der Waals surface area contributed by atoms with Crippen LogP contribution in [0, 0.1) is 11.8 Å². The van der Waals surface area contributed by atoms with Crippen molar-refractivity contribution in [1.82, 2.24) is 5.32 Å². The van der Waals surface area contributed by atoms with Crippen LogP contribution in [0.25, 0.3) is 0 Å². The minimum Gasteiger partial charge on any atom is -0.393 e. The van der Waals surface area contributed by atoms with Gasteiger partial charge in [-0.2, -0.15) is 0 Å². The molecule has 0 aromatic heterocycles. The summed E-state index contributed by atoms with van der Waals surface area (Å²) in [6.07, 6.45) is 10.2. The Kier molecular flexibility index (Phi) is 6.30. The second-order valence-corrected chi connectivity index (χ2v) is 7.77. The van der Waals surface area contributed by atoms with E-state index >= 15 is 0 Å². The summed E-state index contributed by atoms with van der Waals surface area (Å²) in [6, 6.07) is 11.0. The van der Waals surface area contributed by atoms with Gasteiger partial charge in [-0.25, -0.2) is 0 Å². The first-order valence-corrected chi connectivity index (χ1v) is 9.73. The van der Waals surface area contributed by atoms with E-state index in [1.165, 1.54) is 24.8 Å². The molecule has 1 aromatic carbocycles. The SMILES string of the molecule is O=C(NC1CCC(O)CC1)C1CCCC(CCc2ccccc2)C1. The van der Waals surface area contributed by atoms with Crippen LogP contribution in [0.2, 0.25) is 0 Å². The van der Waals surface area contributed by atoms with Gasteiger partial charge < -0.3 is 10.4 Å². The molecule has 0 bridgehead atoms. The smallest absolute Gasteiger partial charge is 0.223 e. The third-order valence-electron chi connectivity index (χ3n) is 5.88. The average Bonchev–Trinajstić information content (AvgIpc) is 2.63. The molecule has 3 rings (SSSR count). The predicted octanol–water partition coefficient (Wildman–Crippen LogP) is 3.85. The molecule has 2 N–H and O–H groups in total. The number of hydrogen-bond donors (Lipinski definition) is 2. The molecule has 2 unspecified atom stereocenters. The van der Waals surface area contributed by atoms with E-state index in [9.17, 15) is 9.90 Å². The number of carbonyl (C=O) groups excluding carboxylic acids is 1. The standard InChI is InChI=1S/C21H31NO2/c23-20-13-11-19(12-14-20)22-21(24)18-8-4-7-17(15-18)10-9-16-5-2-1-3-6-16/h1-3,5-6,17-20,23H,4,7-15H2,(H,22,24). The van der Waals surface area contributed by atoms with E-state index in [1.54, 1.807) is 0 Å². The Balaban J connectivity index is 1.43. The minimum absolute atomic E-state index is 0.157. The quantitative estimate of drug-likeness (QED) is 0.862. The summed E-state index contributed by atoms with van der Waals surface area (Å²) in [6.45, 7) is 0. The van der Waals surface area contributed by atoms with E-state index in [2.05, 4.69) is 35.6 Å². The van der Waals surface area contributed by atoms with Crippen molar-refractivity contribution in [3.8, 4) is 0 Å². The van der Waals surface area contributed by atoms with Gasteiger partial charge in [0.2, 0.25) is 5.91 Å². The number of benzene rings is 1. The molecule has 2 saturated carbocycles. The summed E-state index contributed by atoms with van der Waals surface area (Å²) >= 11 is 0. The van der Waals surface area contributed by atoms with Crippen LogP contribution in [0.5, 0.6) is 0 Å². The van der Waals surface area contributed by atoms with Crippen LogP contribution in [0.3, 0.4) is 0 Å². The molecule has 132 valence electrons. The summed E-state index contributed by atoms with van der Waals surface area (Å²) in [5, 5.41) is 12.8. The fourth-order valence-electron chi connectivity index (χ4n) is 4.35. The predicted molar refractivity (Wildman–Crippen MR) is 96.6 cm³/mol. The van der Waals surface area contributed by atoms with Gasteiger partial charge in [0.05, 0.1) is 6.10 Å². The highest BCUT2D eigenvalue weighted by molar-refractivity contribution is 5.79. The van der Waals surface area contributed by atoms with Gasteiger partial charge in [0.15, 0.2) is 0 Å². The fraction of sp³-hybridized carbons (Fsp3) is 0.667.